The van der Waals surface area contributed by atoms with Crippen molar-refractivity contribution in [2.45, 2.75) is 135 Å². The van der Waals surface area contributed by atoms with E-state index in [9.17, 15) is 19.2 Å². The molecule has 5 rings (SSSR count). The van der Waals surface area contributed by atoms with Gasteiger partial charge in [0.2, 0.25) is 4.38 Å². The second kappa shape index (κ2) is 36.3. The lowest BCUT2D eigenvalue weighted by Crippen LogP contribution is -2.11. The maximum absolute atomic E-state index is 13.0. The maximum atomic E-state index is 13.0. The summed E-state index contributed by atoms with van der Waals surface area (Å²) in [7, 11) is 0. The van der Waals surface area contributed by atoms with Crippen LogP contribution in [0.5, 0.6) is 34.5 Å². The number of thioether (sulfide) groups is 1. The number of halogens is 1. The van der Waals surface area contributed by atoms with E-state index in [0.29, 0.717) is 46.8 Å². The van der Waals surface area contributed by atoms with Crippen molar-refractivity contribution in [1.29, 1.82) is 0 Å². The van der Waals surface area contributed by atoms with Gasteiger partial charge < -0.3 is 33.2 Å². The van der Waals surface area contributed by atoms with Gasteiger partial charge in [-0.3, -0.25) is 0 Å². The molecule has 0 fully saturated rings. The predicted molar refractivity (Wildman–Crippen MR) is 306 cm³/mol. The molecule has 75 heavy (non-hydrogen) atoms. The highest BCUT2D eigenvalue weighted by Crippen LogP contribution is 2.25. The van der Waals surface area contributed by atoms with Crippen molar-refractivity contribution in [3.05, 3.63) is 144 Å². The molecule has 0 saturated heterocycles. The number of thiocarbonyl (C=S) groups is 1. The third-order valence-electron chi connectivity index (χ3n) is 12.1. The number of hydrogen-bond acceptors (Lipinski definition) is 13. The van der Waals surface area contributed by atoms with Gasteiger partial charge in [-0.05, 0) is 154 Å². The quantitative estimate of drug-likeness (QED) is 0.0124. The van der Waals surface area contributed by atoms with E-state index in [-0.39, 0.29) is 34.1 Å². The third kappa shape index (κ3) is 24.7. The molecule has 0 spiro atoms. The first-order chi connectivity index (χ1) is 36.7. The van der Waals surface area contributed by atoms with Gasteiger partial charge in [0.05, 0.1) is 42.1 Å². The molecule has 0 bridgehead atoms. The average Bonchev–Trinajstić information content (AvgIpc) is 3.42. The van der Waals surface area contributed by atoms with Gasteiger partial charge >= 0.3 is 23.9 Å². The predicted octanol–water partition coefficient (Wildman–Crippen LogP) is 16.6. The smallest absolute Gasteiger partial charge is 0.343 e. The minimum atomic E-state index is -0.664. The van der Waals surface area contributed by atoms with Crippen molar-refractivity contribution in [3.63, 3.8) is 0 Å². The van der Waals surface area contributed by atoms with Crippen molar-refractivity contribution in [2.24, 2.45) is 0 Å². The molecule has 0 unspecified atom stereocenters. The van der Waals surface area contributed by atoms with Crippen molar-refractivity contribution < 1.29 is 52.3 Å². The van der Waals surface area contributed by atoms with E-state index in [1.807, 2.05) is 6.92 Å². The van der Waals surface area contributed by atoms with Crippen molar-refractivity contribution >= 4 is 68.2 Å². The second-order valence-corrected chi connectivity index (χ2v) is 20.6. The number of hydrogen-bond donors (Lipinski definition) is 0. The Balaban J connectivity index is 0.929. The summed E-state index contributed by atoms with van der Waals surface area (Å²) >= 11 is 10.3. The lowest BCUT2D eigenvalue weighted by molar-refractivity contribution is 0.0723. The number of benzene rings is 5. The van der Waals surface area contributed by atoms with Gasteiger partial charge in [0.25, 0.3) is 0 Å². The van der Waals surface area contributed by atoms with Crippen LogP contribution in [0.25, 0.3) is 0 Å². The normalized spacial score (nSPS) is 10.9. The Morgan fingerprint density at radius 3 is 1.05 bits per heavy atom. The monoisotopic (exact) mass is 1120 g/mol. The van der Waals surface area contributed by atoms with Gasteiger partial charge in [-0.15, -0.1) is 0 Å². The fraction of sp³-hybridized carbons (Fsp3) is 0.426. The van der Waals surface area contributed by atoms with Crippen LogP contribution in [0.3, 0.4) is 0 Å². The Hall–Kier alpha value is -5.70. The first kappa shape index (κ1) is 60.2. The van der Waals surface area contributed by atoms with E-state index in [2.05, 4.69) is 15.9 Å². The molecule has 0 atom stereocenters. The summed E-state index contributed by atoms with van der Waals surface area (Å²) in [5.41, 5.74) is 1.16. The number of ether oxygens (including phenoxy) is 7. The summed E-state index contributed by atoms with van der Waals surface area (Å²) < 4.78 is 39.9. The maximum Gasteiger partial charge on any atom is 0.343 e. The Bertz CT molecular complexity index is 2450. The van der Waals surface area contributed by atoms with Crippen molar-refractivity contribution in [3.8, 4) is 34.5 Å². The zero-order valence-electron chi connectivity index (χ0n) is 43.4. The van der Waals surface area contributed by atoms with E-state index < -0.39 is 23.9 Å². The second-order valence-electron chi connectivity index (χ2n) is 18.1. The highest BCUT2D eigenvalue weighted by atomic mass is 79.9. The largest absolute Gasteiger partial charge is 0.494 e. The van der Waals surface area contributed by atoms with E-state index in [0.717, 1.165) is 36.8 Å². The molecule has 0 heterocycles. The minimum Gasteiger partial charge on any atom is -0.494 e. The molecule has 11 nitrogen and oxygen atoms in total. The van der Waals surface area contributed by atoms with Gasteiger partial charge in [-0.25, -0.2) is 19.2 Å². The molecule has 5 aromatic rings. The molecule has 0 amide bonds. The molecule has 0 saturated carbocycles. The first-order valence-corrected chi connectivity index (χ1v) is 29.2. The molecule has 0 aliphatic rings. The zero-order chi connectivity index (χ0) is 53.1. The molecule has 0 aromatic heterocycles. The van der Waals surface area contributed by atoms with Crippen LogP contribution < -0.4 is 28.4 Å². The third-order valence-corrected chi connectivity index (χ3v) is 14.0. The standard InChI is InChI=1S/C61H73BrO11S2/c1-2-67-61(74)75-45-22-18-14-10-6-5-9-13-17-21-44-69-52-36-28-48(29-37-52)58(64)71-54-40-32-50(33-41-54)60(66)73-56-25-23-24-55(46-56)72-59(65)49-30-38-53(39-31-49)70-57(63)47-26-34-51(35-27-47)68-43-20-16-12-8-4-3-7-11-15-19-42-62/h23-41,46H,2-22,42-45H2,1H3. The number of rotatable bonds is 36. The Morgan fingerprint density at radius 1 is 0.400 bits per heavy atom. The van der Waals surface area contributed by atoms with Crippen LogP contribution in [0, 0.1) is 0 Å². The number of carbonyl (C=O) groups is 4. The Morgan fingerprint density at radius 2 is 0.707 bits per heavy atom. The molecule has 0 radical (unpaired) electrons. The van der Waals surface area contributed by atoms with Crippen LogP contribution in [0.1, 0.15) is 177 Å². The van der Waals surface area contributed by atoms with Crippen molar-refractivity contribution in [2.75, 3.05) is 30.9 Å². The lowest BCUT2D eigenvalue weighted by Gasteiger charge is -2.09. The summed E-state index contributed by atoms with van der Waals surface area (Å²) in [6.07, 6.45) is 24.6. The molecule has 402 valence electrons. The van der Waals surface area contributed by atoms with Gasteiger partial charge in [0, 0.05) is 17.1 Å². The Labute approximate surface area is 462 Å². The summed E-state index contributed by atoms with van der Waals surface area (Å²) in [6.45, 7) is 3.85. The SMILES string of the molecule is CCOC(=S)SCCCCCCCCCCCCOc1ccc(C(=O)Oc2ccc(C(=O)Oc3cccc(OC(=O)c4ccc(OC(=O)c5ccc(OCCCCCCCCCCCCBr)cc5)cc4)c3)cc2)cc1. The molecule has 0 N–H and O–H groups in total. The van der Waals surface area contributed by atoms with Crippen LogP contribution in [-0.2, 0) is 4.74 Å². The van der Waals surface area contributed by atoms with E-state index >= 15 is 0 Å². The molecule has 0 aliphatic heterocycles. The molecule has 14 heteroatoms. The number of alkyl halides is 1. The van der Waals surface area contributed by atoms with Gasteiger partial charge in [0.15, 0.2) is 0 Å². The highest BCUT2D eigenvalue weighted by Gasteiger charge is 2.16. The fourth-order valence-electron chi connectivity index (χ4n) is 7.88. The first-order valence-electron chi connectivity index (χ1n) is 26.7. The molecule has 5 aromatic carbocycles. The van der Waals surface area contributed by atoms with Gasteiger partial charge in [0.1, 0.15) is 34.5 Å². The van der Waals surface area contributed by atoms with Crippen LogP contribution >= 0.6 is 39.9 Å². The summed E-state index contributed by atoms with van der Waals surface area (Å²) in [6, 6.07) is 31.8. The van der Waals surface area contributed by atoms with E-state index in [4.69, 9.17) is 45.4 Å². The highest BCUT2D eigenvalue weighted by molar-refractivity contribution is 9.09. The summed E-state index contributed by atoms with van der Waals surface area (Å²) in [4.78, 5) is 51.8. The number of esters is 4. The van der Waals surface area contributed by atoms with E-state index in [1.54, 1.807) is 78.5 Å². The molecular weight excluding hydrogens is 1050 g/mol. The van der Waals surface area contributed by atoms with E-state index in [1.165, 1.54) is 157 Å². The van der Waals surface area contributed by atoms with Crippen LogP contribution in [0.15, 0.2) is 121 Å². The lowest BCUT2D eigenvalue weighted by atomic mass is 10.1. The van der Waals surface area contributed by atoms with Crippen LogP contribution in [0.2, 0.25) is 0 Å². The fourth-order valence-corrected chi connectivity index (χ4v) is 9.36. The summed E-state index contributed by atoms with van der Waals surface area (Å²) in [5, 5.41) is 1.10. The number of carbonyl (C=O) groups excluding carboxylic acids is 4. The topological polar surface area (TPSA) is 133 Å². The van der Waals surface area contributed by atoms with Gasteiger partial charge in [-0.1, -0.05) is 136 Å². The van der Waals surface area contributed by atoms with Crippen LogP contribution in [-0.4, -0.2) is 59.2 Å². The number of unbranched alkanes of at least 4 members (excludes halogenated alkanes) is 18. The average molecular weight is 1130 g/mol. The molecule has 0 aliphatic carbocycles. The molecular formula is C61H73BrO11S2. The van der Waals surface area contributed by atoms with Crippen molar-refractivity contribution in [1.82, 2.24) is 0 Å². The Kier molecular flexibility index (Phi) is 29.1. The zero-order valence-corrected chi connectivity index (χ0v) is 46.6. The van der Waals surface area contributed by atoms with Crippen LogP contribution in [0.4, 0.5) is 0 Å². The minimum absolute atomic E-state index is 0.150. The summed E-state index contributed by atoms with van der Waals surface area (Å²) in [5.74, 6) is 0.831. The van der Waals surface area contributed by atoms with Gasteiger partial charge in [-0.2, -0.15) is 0 Å².